The minimum absolute atomic E-state index is 0.0538. The summed E-state index contributed by atoms with van der Waals surface area (Å²) < 4.78 is 0. The van der Waals surface area contributed by atoms with Crippen LogP contribution in [0.25, 0.3) is 0 Å². The van der Waals surface area contributed by atoms with Crippen LogP contribution in [0.2, 0.25) is 0 Å². The maximum atomic E-state index is 9.66. The Labute approximate surface area is 76.5 Å². The molecular weight excluding hydrogens is 148 g/mol. The molecule has 0 aromatic heterocycles. The van der Waals surface area contributed by atoms with E-state index in [9.17, 15) is 5.11 Å². The average Bonchev–Trinajstić information content (AvgIpc) is 1.78. The zero-order valence-electron chi connectivity index (χ0n) is 9.18. The van der Waals surface area contributed by atoms with Crippen molar-refractivity contribution in [3.63, 3.8) is 0 Å². The molecule has 1 N–H and O–H groups in total. The highest BCUT2D eigenvalue weighted by molar-refractivity contribution is 4.99. The van der Waals surface area contributed by atoms with Gasteiger partial charge in [-0.05, 0) is 10.8 Å². The van der Waals surface area contributed by atoms with E-state index in [-0.39, 0.29) is 16.9 Å². The summed E-state index contributed by atoms with van der Waals surface area (Å²) in [7, 11) is 0. The lowest BCUT2D eigenvalue weighted by atomic mass is 9.87. The summed E-state index contributed by atoms with van der Waals surface area (Å²) in [5, 5.41) is 9.66. The standard InChI is InChI=1S/C11H22O/c1-10(2,3)8-7-9(12)11(4,5)6/h7-9,12H,1-6H3. The van der Waals surface area contributed by atoms with Crippen LogP contribution in [0.1, 0.15) is 41.5 Å². The van der Waals surface area contributed by atoms with Crippen LogP contribution in [0.4, 0.5) is 0 Å². The van der Waals surface area contributed by atoms with Crippen molar-refractivity contribution in [1.29, 1.82) is 0 Å². The van der Waals surface area contributed by atoms with E-state index in [4.69, 9.17) is 0 Å². The summed E-state index contributed by atoms with van der Waals surface area (Å²) in [5.41, 5.74) is 0.105. The smallest absolute Gasteiger partial charge is 0.0769 e. The van der Waals surface area contributed by atoms with E-state index in [2.05, 4.69) is 26.8 Å². The minimum atomic E-state index is -0.350. The third kappa shape index (κ3) is 5.36. The Bertz CT molecular complexity index is 155. The van der Waals surface area contributed by atoms with Crippen molar-refractivity contribution in [2.75, 3.05) is 0 Å². The van der Waals surface area contributed by atoms with Gasteiger partial charge in [-0.2, -0.15) is 0 Å². The van der Waals surface area contributed by atoms with Crippen LogP contribution in [0, 0.1) is 10.8 Å². The Morgan fingerprint density at radius 3 is 1.67 bits per heavy atom. The Morgan fingerprint density at radius 2 is 1.42 bits per heavy atom. The van der Waals surface area contributed by atoms with Crippen LogP contribution in [-0.2, 0) is 0 Å². The molecule has 1 atom stereocenters. The lowest BCUT2D eigenvalue weighted by molar-refractivity contribution is 0.104. The first-order valence-corrected chi connectivity index (χ1v) is 4.50. The van der Waals surface area contributed by atoms with Crippen LogP contribution < -0.4 is 0 Å². The molecular formula is C11H22O. The van der Waals surface area contributed by atoms with Gasteiger partial charge in [0.1, 0.15) is 0 Å². The largest absolute Gasteiger partial charge is 0.388 e. The molecule has 0 saturated carbocycles. The predicted molar refractivity (Wildman–Crippen MR) is 54.1 cm³/mol. The number of allylic oxidation sites excluding steroid dienone is 1. The van der Waals surface area contributed by atoms with Crippen molar-refractivity contribution in [1.82, 2.24) is 0 Å². The molecule has 0 aliphatic heterocycles. The van der Waals surface area contributed by atoms with Crippen LogP contribution >= 0.6 is 0 Å². The first kappa shape index (κ1) is 11.7. The topological polar surface area (TPSA) is 20.2 Å². The molecule has 0 fully saturated rings. The van der Waals surface area contributed by atoms with Gasteiger partial charge in [-0.1, -0.05) is 53.7 Å². The lowest BCUT2D eigenvalue weighted by Gasteiger charge is -2.24. The van der Waals surface area contributed by atoms with Crippen molar-refractivity contribution in [2.24, 2.45) is 10.8 Å². The van der Waals surface area contributed by atoms with Crippen LogP contribution in [-0.4, -0.2) is 11.2 Å². The minimum Gasteiger partial charge on any atom is -0.388 e. The Kier molecular flexibility index (Phi) is 3.52. The predicted octanol–water partition coefficient (Wildman–Crippen LogP) is 3.00. The number of rotatable bonds is 1. The maximum Gasteiger partial charge on any atom is 0.0769 e. The molecule has 0 aromatic carbocycles. The van der Waals surface area contributed by atoms with E-state index in [0.29, 0.717) is 0 Å². The molecule has 0 spiro atoms. The molecule has 0 saturated heterocycles. The summed E-state index contributed by atoms with van der Waals surface area (Å²) in [6.07, 6.45) is 3.60. The fourth-order valence-corrected chi connectivity index (χ4v) is 0.668. The molecule has 0 amide bonds. The molecule has 0 aliphatic rings. The van der Waals surface area contributed by atoms with Crippen LogP contribution in [0.3, 0.4) is 0 Å². The van der Waals surface area contributed by atoms with Crippen LogP contribution in [0.15, 0.2) is 12.2 Å². The summed E-state index contributed by atoms with van der Waals surface area (Å²) >= 11 is 0. The van der Waals surface area contributed by atoms with Gasteiger partial charge in [0.15, 0.2) is 0 Å². The second-order valence-electron chi connectivity index (χ2n) is 5.54. The van der Waals surface area contributed by atoms with Gasteiger partial charge >= 0.3 is 0 Å². The molecule has 1 unspecified atom stereocenters. The van der Waals surface area contributed by atoms with E-state index in [0.717, 1.165) is 0 Å². The second kappa shape index (κ2) is 3.61. The highest BCUT2D eigenvalue weighted by atomic mass is 16.3. The molecule has 1 heteroatoms. The van der Waals surface area contributed by atoms with Gasteiger partial charge in [0.25, 0.3) is 0 Å². The molecule has 0 rings (SSSR count). The molecule has 72 valence electrons. The van der Waals surface area contributed by atoms with Gasteiger partial charge in [0.2, 0.25) is 0 Å². The third-order valence-electron chi connectivity index (χ3n) is 1.67. The van der Waals surface area contributed by atoms with Gasteiger partial charge in [-0.3, -0.25) is 0 Å². The monoisotopic (exact) mass is 170 g/mol. The highest BCUT2D eigenvalue weighted by Crippen LogP contribution is 2.22. The van der Waals surface area contributed by atoms with E-state index in [1.54, 1.807) is 0 Å². The SMILES string of the molecule is CC(C)(C)C=CC(O)C(C)(C)C. The normalized spacial score (nSPS) is 16.9. The quantitative estimate of drug-likeness (QED) is 0.600. The van der Waals surface area contributed by atoms with E-state index in [1.165, 1.54) is 0 Å². The van der Waals surface area contributed by atoms with E-state index < -0.39 is 0 Å². The number of aliphatic hydroxyl groups is 1. The summed E-state index contributed by atoms with van der Waals surface area (Å²) in [6, 6.07) is 0. The zero-order chi connectivity index (χ0) is 9.99. The zero-order valence-corrected chi connectivity index (χ0v) is 9.18. The number of hydrogen-bond acceptors (Lipinski definition) is 1. The van der Waals surface area contributed by atoms with Crippen LogP contribution in [0.5, 0.6) is 0 Å². The number of aliphatic hydroxyl groups excluding tert-OH is 1. The number of hydrogen-bond donors (Lipinski definition) is 1. The van der Waals surface area contributed by atoms with Gasteiger partial charge in [-0.25, -0.2) is 0 Å². The molecule has 12 heavy (non-hydrogen) atoms. The van der Waals surface area contributed by atoms with Gasteiger partial charge in [0, 0.05) is 0 Å². The highest BCUT2D eigenvalue weighted by Gasteiger charge is 2.19. The summed E-state index contributed by atoms with van der Waals surface area (Å²) in [6.45, 7) is 12.5. The molecule has 0 aromatic rings. The molecule has 0 aliphatic carbocycles. The molecule has 0 bridgehead atoms. The second-order valence-corrected chi connectivity index (χ2v) is 5.54. The van der Waals surface area contributed by atoms with Crippen molar-refractivity contribution < 1.29 is 5.11 Å². The Morgan fingerprint density at radius 1 is 1.00 bits per heavy atom. The van der Waals surface area contributed by atoms with Crippen molar-refractivity contribution in [3.8, 4) is 0 Å². The van der Waals surface area contributed by atoms with Gasteiger partial charge in [-0.15, -0.1) is 0 Å². The first-order valence-electron chi connectivity index (χ1n) is 4.50. The molecule has 1 nitrogen and oxygen atoms in total. The van der Waals surface area contributed by atoms with E-state index in [1.807, 2.05) is 26.8 Å². The fourth-order valence-electron chi connectivity index (χ4n) is 0.668. The summed E-state index contributed by atoms with van der Waals surface area (Å²) in [5.74, 6) is 0. The fraction of sp³-hybridized carbons (Fsp3) is 0.818. The van der Waals surface area contributed by atoms with Crippen molar-refractivity contribution in [2.45, 2.75) is 47.6 Å². The van der Waals surface area contributed by atoms with E-state index >= 15 is 0 Å². The maximum absolute atomic E-state index is 9.66. The third-order valence-corrected chi connectivity index (χ3v) is 1.67. The first-order chi connectivity index (χ1) is 5.13. The lowest BCUT2D eigenvalue weighted by Crippen LogP contribution is -2.24. The molecule has 0 heterocycles. The summed E-state index contributed by atoms with van der Waals surface area (Å²) in [4.78, 5) is 0. The molecule has 0 radical (unpaired) electrons. The Balaban J connectivity index is 4.19. The average molecular weight is 170 g/mol. The Hall–Kier alpha value is -0.300. The van der Waals surface area contributed by atoms with Crippen molar-refractivity contribution in [3.05, 3.63) is 12.2 Å². The van der Waals surface area contributed by atoms with Gasteiger partial charge < -0.3 is 5.11 Å². The van der Waals surface area contributed by atoms with Gasteiger partial charge in [0.05, 0.1) is 6.10 Å². The van der Waals surface area contributed by atoms with Crippen molar-refractivity contribution >= 4 is 0 Å².